The van der Waals surface area contributed by atoms with Gasteiger partial charge in [-0.05, 0) is 42.0 Å². The second kappa shape index (κ2) is 8.93. The zero-order valence-corrected chi connectivity index (χ0v) is 19.1. The van der Waals surface area contributed by atoms with Gasteiger partial charge in [-0.2, -0.15) is 0 Å². The van der Waals surface area contributed by atoms with Crippen molar-refractivity contribution >= 4 is 45.2 Å². The van der Waals surface area contributed by atoms with Gasteiger partial charge in [-0.15, -0.1) is 0 Å². The van der Waals surface area contributed by atoms with Crippen molar-refractivity contribution in [3.8, 4) is 16.3 Å². The lowest BCUT2D eigenvalue weighted by molar-refractivity contribution is -0.129. The van der Waals surface area contributed by atoms with Crippen molar-refractivity contribution in [2.75, 3.05) is 14.1 Å². The van der Waals surface area contributed by atoms with Crippen molar-refractivity contribution in [2.45, 2.75) is 44.6 Å². The summed E-state index contributed by atoms with van der Waals surface area (Å²) in [4.78, 5) is 25.4. The predicted molar refractivity (Wildman–Crippen MR) is 123 cm³/mol. The summed E-state index contributed by atoms with van der Waals surface area (Å²) in [5, 5.41) is 10.1. The maximum atomic E-state index is 12.7. The van der Waals surface area contributed by atoms with Gasteiger partial charge in [0.2, 0.25) is 5.91 Å². The van der Waals surface area contributed by atoms with Crippen LogP contribution in [0, 0.1) is 0 Å². The summed E-state index contributed by atoms with van der Waals surface area (Å²) >= 11 is 7.66. The number of carbonyl (C=O) groups is 2. The van der Waals surface area contributed by atoms with Crippen LogP contribution in [-0.4, -0.2) is 40.7 Å². The van der Waals surface area contributed by atoms with Crippen LogP contribution in [0.3, 0.4) is 0 Å². The molecule has 6 nitrogen and oxygen atoms in total. The molecule has 1 aliphatic rings. The van der Waals surface area contributed by atoms with E-state index in [1.807, 2.05) is 28.8 Å². The number of carbonyl (C=O) groups excluding carboxylic acids is 1. The number of halogens is 1. The van der Waals surface area contributed by atoms with E-state index in [1.54, 1.807) is 25.1 Å². The number of benzene rings is 1. The van der Waals surface area contributed by atoms with Crippen molar-refractivity contribution in [3.05, 3.63) is 40.9 Å². The van der Waals surface area contributed by atoms with Crippen LogP contribution in [0.25, 0.3) is 21.5 Å². The third-order valence-corrected chi connectivity index (χ3v) is 7.11. The minimum atomic E-state index is -1.34. The summed E-state index contributed by atoms with van der Waals surface area (Å²) in [5.74, 6) is 0.305. The van der Waals surface area contributed by atoms with Gasteiger partial charge in [0.25, 0.3) is 0 Å². The predicted octanol–water partition coefficient (Wildman–Crippen LogP) is 6.22. The summed E-state index contributed by atoms with van der Waals surface area (Å²) < 4.78 is 7.97. The molecule has 0 bridgehead atoms. The number of likely N-dealkylation sites (N-methyl/N-ethyl adjacent to an activating group) is 1. The second-order valence-corrected chi connectivity index (χ2v) is 9.58. The molecular formula is C23H25ClN2O4S. The molecule has 31 heavy (non-hydrogen) atoms. The lowest BCUT2D eigenvalue weighted by atomic mass is 9.83. The third kappa shape index (κ3) is 4.43. The van der Waals surface area contributed by atoms with Crippen LogP contribution in [0.5, 0.6) is 5.06 Å². The highest BCUT2D eigenvalue weighted by molar-refractivity contribution is 7.21. The average Bonchev–Trinajstić information content (AvgIpc) is 3.24. The molecule has 1 saturated carbocycles. The molecule has 2 heterocycles. The van der Waals surface area contributed by atoms with Gasteiger partial charge in [0.1, 0.15) is 6.54 Å². The first-order valence-corrected chi connectivity index (χ1v) is 11.6. The Kier molecular flexibility index (Phi) is 6.25. The Morgan fingerprint density at radius 2 is 1.97 bits per heavy atom. The van der Waals surface area contributed by atoms with E-state index in [2.05, 4.69) is 0 Å². The van der Waals surface area contributed by atoms with E-state index in [0.717, 1.165) is 47.2 Å². The van der Waals surface area contributed by atoms with E-state index >= 15 is 0 Å². The van der Waals surface area contributed by atoms with Crippen molar-refractivity contribution < 1.29 is 19.4 Å². The van der Waals surface area contributed by atoms with Crippen LogP contribution in [0.4, 0.5) is 4.79 Å². The molecule has 4 rings (SSSR count). The largest absolute Gasteiger partial charge is 0.512 e. The number of hydrogen-bond acceptors (Lipinski definition) is 4. The van der Waals surface area contributed by atoms with Gasteiger partial charge in [0.05, 0.1) is 15.9 Å². The van der Waals surface area contributed by atoms with Gasteiger partial charge in [-0.3, -0.25) is 4.79 Å². The summed E-state index contributed by atoms with van der Waals surface area (Å²) in [6, 6.07) is 9.43. The Morgan fingerprint density at radius 1 is 1.23 bits per heavy atom. The maximum Gasteiger partial charge on any atom is 0.512 e. The topological polar surface area (TPSA) is 71.8 Å². The molecule has 1 aliphatic carbocycles. The van der Waals surface area contributed by atoms with Gasteiger partial charge in [0, 0.05) is 25.2 Å². The molecule has 2 aromatic heterocycles. The van der Waals surface area contributed by atoms with Crippen molar-refractivity contribution in [3.63, 3.8) is 0 Å². The average molecular weight is 461 g/mol. The van der Waals surface area contributed by atoms with E-state index in [0.29, 0.717) is 16.0 Å². The summed E-state index contributed by atoms with van der Waals surface area (Å²) in [5.41, 5.74) is 3.96. The SMILES string of the molecule is CN(C)C(=O)Cn1c(-c2cccc(Cl)c2)c(C2CCCCC2)c2sc(OC(=O)O)cc21. The molecule has 0 saturated heterocycles. The highest BCUT2D eigenvalue weighted by atomic mass is 35.5. The monoisotopic (exact) mass is 460 g/mol. The molecule has 3 aromatic rings. The van der Waals surface area contributed by atoms with E-state index in [1.165, 1.54) is 23.3 Å². The van der Waals surface area contributed by atoms with Crippen LogP contribution in [0.15, 0.2) is 30.3 Å². The third-order valence-electron chi connectivity index (χ3n) is 5.84. The normalized spacial score (nSPS) is 14.7. The van der Waals surface area contributed by atoms with Crippen LogP contribution in [0.1, 0.15) is 43.6 Å². The van der Waals surface area contributed by atoms with Crippen LogP contribution < -0.4 is 4.74 Å². The Hall–Kier alpha value is -2.51. The van der Waals surface area contributed by atoms with Gasteiger partial charge in [0.15, 0.2) is 5.06 Å². The molecule has 0 radical (unpaired) electrons. The number of amides is 1. The molecule has 0 unspecified atom stereocenters. The van der Waals surface area contributed by atoms with Crippen molar-refractivity contribution in [1.29, 1.82) is 0 Å². The fourth-order valence-corrected chi connectivity index (χ4v) is 5.74. The standard InChI is InChI=1S/C23H25ClN2O4S/c1-25(2)18(27)13-26-17-12-19(30-23(28)29)31-22(17)20(14-7-4-3-5-8-14)21(26)15-9-6-10-16(24)11-15/h6,9-12,14H,3-5,7-8,13H2,1-2H3,(H,28,29). The lowest BCUT2D eigenvalue weighted by Gasteiger charge is -2.24. The maximum absolute atomic E-state index is 12.7. The Balaban J connectivity index is 1.98. The molecule has 0 atom stereocenters. The molecular weight excluding hydrogens is 436 g/mol. The highest BCUT2D eigenvalue weighted by Gasteiger charge is 2.29. The quantitative estimate of drug-likeness (QED) is 0.459. The number of rotatable bonds is 5. The molecule has 1 N–H and O–H groups in total. The highest BCUT2D eigenvalue weighted by Crippen LogP contribution is 2.48. The summed E-state index contributed by atoms with van der Waals surface area (Å²) in [7, 11) is 3.47. The smallest absolute Gasteiger partial charge is 0.449 e. The minimum Gasteiger partial charge on any atom is -0.449 e. The fourth-order valence-electron chi connectivity index (χ4n) is 4.42. The van der Waals surface area contributed by atoms with Gasteiger partial charge in [-0.1, -0.05) is 54.3 Å². The van der Waals surface area contributed by atoms with E-state index in [9.17, 15) is 9.59 Å². The minimum absolute atomic E-state index is 0.0396. The van der Waals surface area contributed by atoms with Crippen LogP contribution in [0.2, 0.25) is 5.02 Å². The van der Waals surface area contributed by atoms with E-state index in [-0.39, 0.29) is 12.5 Å². The first-order chi connectivity index (χ1) is 14.8. The van der Waals surface area contributed by atoms with Gasteiger partial charge < -0.3 is 19.3 Å². The number of nitrogens with zero attached hydrogens (tertiary/aromatic N) is 2. The molecule has 0 spiro atoms. The van der Waals surface area contributed by atoms with E-state index < -0.39 is 6.16 Å². The summed E-state index contributed by atoms with van der Waals surface area (Å²) in [6.07, 6.45) is 4.35. The number of thiophene rings is 1. The molecule has 1 aromatic carbocycles. The Labute approximate surface area is 190 Å². The number of fused-ring (bicyclic) bond motifs is 1. The first kappa shape index (κ1) is 21.7. The molecule has 1 amide bonds. The van der Waals surface area contributed by atoms with Crippen LogP contribution >= 0.6 is 22.9 Å². The second-order valence-electron chi connectivity index (χ2n) is 8.13. The van der Waals surface area contributed by atoms with E-state index in [4.69, 9.17) is 21.4 Å². The van der Waals surface area contributed by atoms with Crippen molar-refractivity contribution in [2.24, 2.45) is 0 Å². The van der Waals surface area contributed by atoms with Crippen molar-refractivity contribution in [1.82, 2.24) is 9.47 Å². The Morgan fingerprint density at radius 3 is 2.61 bits per heavy atom. The summed E-state index contributed by atoms with van der Waals surface area (Å²) in [6.45, 7) is 0.154. The fraction of sp³-hybridized carbons (Fsp3) is 0.391. The number of aromatic nitrogens is 1. The van der Waals surface area contributed by atoms with Gasteiger partial charge in [-0.25, -0.2) is 4.79 Å². The number of ether oxygens (including phenoxy) is 1. The van der Waals surface area contributed by atoms with Gasteiger partial charge >= 0.3 is 6.16 Å². The zero-order chi connectivity index (χ0) is 22.1. The van der Waals surface area contributed by atoms with Crippen LogP contribution in [-0.2, 0) is 11.3 Å². The molecule has 0 aliphatic heterocycles. The molecule has 164 valence electrons. The first-order valence-electron chi connectivity index (χ1n) is 10.4. The molecule has 1 fully saturated rings. The Bertz CT molecular complexity index is 1130. The number of carboxylic acid groups (broad SMARTS) is 1. The number of hydrogen-bond donors (Lipinski definition) is 1. The molecule has 8 heteroatoms. The lowest BCUT2D eigenvalue weighted by Crippen LogP contribution is -2.26. The zero-order valence-electron chi connectivity index (χ0n) is 17.6.